The van der Waals surface area contributed by atoms with Gasteiger partial charge in [-0.1, -0.05) is 0 Å². The Hall–Kier alpha value is -2.87. The molecule has 2 rings (SSSR count). The van der Waals surface area contributed by atoms with Gasteiger partial charge in [-0.15, -0.1) is 0 Å². The van der Waals surface area contributed by atoms with Gasteiger partial charge in [0.2, 0.25) is 5.91 Å². The highest BCUT2D eigenvalue weighted by Crippen LogP contribution is 2.20. The van der Waals surface area contributed by atoms with E-state index in [0.29, 0.717) is 30.7 Å². The van der Waals surface area contributed by atoms with Crippen molar-refractivity contribution in [2.24, 2.45) is 5.73 Å². The van der Waals surface area contributed by atoms with Gasteiger partial charge in [0, 0.05) is 29.8 Å². The second-order valence-corrected chi connectivity index (χ2v) is 7.63. The van der Waals surface area contributed by atoms with Crippen molar-refractivity contribution in [1.82, 2.24) is 5.32 Å². The van der Waals surface area contributed by atoms with E-state index >= 15 is 0 Å². The monoisotopic (exact) mass is 389 g/mol. The van der Waals surface area contributed by atoms with Crippen LogP contribution in [0.5, 0.6) is 0 Å². The van der Waals surface area contributed by atoms with Gasteiger partial charge in [0.25, 0.3) is 0 Å². The van der Waals surface area contributed by atoms with Crippen LogP contribution in [0.25, 0.3) is 11.0 Å². The molecule has 1 aromatic heterocycles. The predicted molar refractivity (Wildman–Crippen MR) is 107 cm³/mol. The standard InChI is InChI=1S/C20H27N3O5/c1-12-10-17(24)27-16-11-13(7-8-14(12)16)23-18(25)15(21)6-5-9-22-19(26)28-20(2,3)4/h7-8,10-11,15H,5-6,9,21H2,1-4H3,(H,22,26)(H,23,25)/t15-/m0/s1. The van der Waals surface area contributed by atoms with Crippen molar-refractivity contribution in [3.05, 3.63) is 40.2 Å². The number of carbonyl (C=O) groups is 2. The zero-order chi connectivity index (χ0) is 20.9. The van der Waals surface area contributed by atoms with E-state index in [2.05, 4.69) is 10.6 Å². The number of nitrogens with one attached hydrogen (secondary N) is 2. The average molecular weight is 389 g/mol. The van der Waals surface area contributed by atoms with Gasteiger partial charge in [0.15, 0.2) is 0 Å². The van der Waals surface area contributed by atoms with Crippen LogP contribution in [0.1, 0.15) is 39.2 Å². The molecule has 0 radical (unpaired) electrons. The van der Waals surface area contributed by atoms with Crippen LogP contribution in [-0.2, 0) is 9.53 Å². The molecule has 2 aromatic rings. The molecule has 1 heterocycles. The molecular weight excluding hydrogens is 362 g/mol. The van der Waals surface area contributed by atoms with Crippen LogP contribution < -0.4 is 22.0 Å². The van der Waals surface area contributed by atoms with E-state index in [-0.39, 0.29) is 5.91 Å². The van der Waals surface area contributed by atoms with Crippen LogP contribution in [0, 0.1) is 6.92 Å². The number of fused-ring (bicyclic) bond motifs is 1. The average Bonchev–Trinajstić information content (AvgIpc) is 2.56. The Kier molecular flexibility index (Phi) is 6.80. The smallest absolute Gasteiger partial charge is 0.407 e. The van der Waals surface area contributed by atoms with E-state index in [9.17, 15) is 14.4 Å². The first-order chi connectivity index (χ1) is 13.0. The Bertz CT molecular complexity index is 914. The molecule has 152 valence electrons. The minimum atomic E-state index is -0.736. The Morgan fingerprint density at radius 3 is 2.64 bits per heavy atom. The Morgan fingerprint density at radius 1 is 1.25 bits per heavy atom. The highest BCUT2D eigenvalue weighted by Gasteiger charge is 2.17. The maximum atomic E-state index is 12.3. The second-order valence-electron chi connectivity index (χ2n) is 7.63. The molecule has 0 spiro atoms. The molecule has 1 aromatic carbocycles. The van der Waals surface area contributed by atoms with Crippen LogP contribution >= 0.6 is 0 Å². The number of amides is 2. The molecule has 0 unspecified atom stereocenters. The number of anilines is 1. The number of benzene rings is 1. The van der Waals surface area contributed by atoms with E-state index in [1.54, 1.807) is 39.0 Å². The van der Waals surface area contributed by atoms with Gasteiger partial charge < -0.3 is 25.5 Å². The van der Waals surface area contributed by atoms with Crippen molar-refractivity contribution in [2.75, 3.05) is 11.9 Å². The molecule has 1 atom stereocenters. The van der Waals surface area contributed by atoms with E-state index in [1.165, 1.54) is 6.07 Å². The number of hydrogen-bond donors (Lipinski definition) is 3. The molecular formula is C20H27N3O5. The van der Waals surface area contributed by atoms with Crippen molar-refractivity contribution in [2.45, 2.75) is 52.2 Å². The fourth-order valence-electron chi connectivity index (χ4n) is 2.60. The normalized spacial score (nSPS) is 12.5. The van der Waals surface area contributed by atoms with Crippen LogP contribution in [0.4, 0.5) is 10.5 Å². The lowest BCUT2D eigenvalue weighted by Gasteiger charge is -2.19. The maximum absolute atomic E-state index is 12.3. The van der Waals surface area contributed by atoms with Gasteiger partial charge in [-0.25, -0.2) is 9.59 Å². The molecule has 0 aliphatic heterocycles. The third-order valence-corrected chi connectivity index (χ3v) is 3.92. The molecule has 28 heavy (non-hydrogen) atoms. The Labute approximate surface area is 163 Å². The van der Waals surface area contributed by atoms with Crippen LogP contribution in [0.3, 0.4) is 0 Å². The molecule has 0 aliphatic rings. The van der Waals surface area contributed by atoms with Gasteiger partial charge in [-0.05, 0) is 58.2 Å². The largest absolute Gasteiger partial charge is 0.444 e. The quantitative estimate of drug-likeness (QED) is 0.515. The topological polar surface area (TPSA) is 124 Å². The summed E-state index contributed by atoms with van der Waals surface area (Å²) in [5.74, 6) is -0.355. The molecule has 0 bridgehead atoms. The summed E-state index contributed by atoms with van der Waals surface area (Å²) in [6, 6.07) is 5.78. The summed E-state index contributed by atoms with van der Waals surface area (Å²) in [5, 5.41) is 6.14. The number of carbonyl (C=O) groups excluding carboxylic acids is 2. The lowest BCUT2D eigenvalue weighted by molar-refractivity contribution is -0.117. The number of rotatable bonds is 6. The van der Waals surface area contributed by atoms with E-state index in [0.717, 1.165) is 10.9 Å². The van der Waals surface area contributed by atoms with Crippen LogP contribution in [0.15, 0.2) is 33.5 Å². The number of alkyl carbamates (subject to hydrolysis) is 1. The van der Waals surface area contributed by atoms with E-state index in [1.807, 2.05) is 6.92 Å². The van der Waals surface area contributed by atoms with Gasteiger partial charge in [0.1, 0.15) is 11.2 Å². The van der Waals surface area contributed by atoms with Gasteiger partial charge in [-0.3, -0.25) is 4.79 Å². The fraction of sp³-hybridized carbons (Fsp3) is 0.450. The maximum Gasteiger partial charge on any atom is 0.407 e. The van der Waals surface area contributed by atoms with Gasteiger partial charge >= 0.3 is 11.7 Å². The number of ether oxygens (including phenoxy) is 1. The molecule has 8 nitrogen and oxygen atoms in total. The van der Waals surface area contributed by atoms with Gasteiger partial charge in [-0.2, -0.15) is 0 Å². The molecule has 2 amide bonds. The first-order valence-electron chi connectivity index (χ1n) is 9.13. The molecule has 4 N–H and O–H groups in total. The highest BCUT2D eigenvalue weighted by molar-refractivity contribution is 5.96. The second kappa shape index (κ2) is 8.88. The van der Waals surface area contributed by atoms with Crippen molar-refractivity contribution in [1.29, 1.82) is 0 Å². The number of hydrogen-bond acceptors (Lipinski definition) is 6. The molecule has 0 fully saturated rings. The first-order valence-corrected chi connectivity index (χ1v) is 9.13. The summed E-state index contributed by atoms with van der Waals surface area (Å²) in [6.45, 7) is 7.53. The molecule has 8 heteroatoms. The summed E-state index contributed by atoms with van der Waals surface area (Å²) in [6.07, 6.45) is 0.418. The Morgan fingerprint density at radius 2 is 1.96 bits per heavy atom. The van der Waals surface area contributed by atoms with Crippen molar-refractivity contribution in [3.63, 3.8) is 0 Å². The lowest BCUT2D eigenvalue weighted by Crippen LogP contribution is -2.37. The molecule has 0 saturated carbocycles. The zero-order valence-electron chi connectivity index (χ0n) is 16.6. The number of aryl methyl sites for hydroxylation is 1. The summed E-state index contributed by atoms with van der Waals surface area (Å²) in [4.78, 5) is 35.3. The Balaban J connectivity index is 1.84. The molecule has 0 saturated heterocycles. The first kappa shape index (κ1) is 21.4. The number of nitrogens with two attached hydrogens (primary N) is 1. The highest BCUT2D eigenvalue weighted by atomic mass is 16.6. The SMILES string of the molecule is Cc1cc(=O)oc2cc(NC(=O)[C@@H](N)CCCNC(=O)OC(C)(C)C)ccc12. The van der Waals surface area contributed by atoms with Crippen molar-refractivity contribution >= 4 is 28.7 Å². The third kappa shape index (κ3) is 6.38. The van der Waals surface area contributed by atoms with Crippen LogP contribution in [-0.4, -0.2) is 30.2 Å². The van der Waals surface area contributed by atoms with E-state index in [4.69, 9.17) is 14.9 Å². The summed E-state index contributed by atoms with van der Waals surface area (Å²) in [5.41, 5.74) is 6.61. The summed E-state index contributed by atoms with van der Waals surface area (Å²) in [7, 11) is 0. The van der Waals surface area contributed by atoms with Crippen molar-refractivity contribution < 1.29 is 18.7 Å². The fourth-order valence-corrected chi connectivity index (χ4v) is 2.60. The van der Waals surface area contributed by atoms with Crippen molar-refractivity contribution in [3.8, 4) is 0 Å². The van der Waals surface area contributed by atoms with Crippen LogP contribution in [0.2, 0.25) is 0 Å². The van der Waals surface area contributed by atoms with E-state index < -0.39 is 23.4 Å². The predicted octanol–water partition coefficient (Wildman–Crippen LogP) is 2.67. The summed E-state index contributed by atoms with van der Waals surface area (Å²) >= 11 is 0. The minimum absolute atomic E-state index is 0.355. The minimum Gasteiger partial charge on any atom is -0.444 e. The zero-order valence-corrected chi connectivity index (χ0v) is 16.6. The third-order valence-electron chi connectivity index (χ3n) is 3.92. The lowest BCUT2D eigenvalue weighted by atomic mass is 10.1. The summed E-state index contributed by atoms with van der Waals surface area (Å²) < 4.78 is 10.3. The van der Waals surface area contributed by atoms with Gasteiger partial charge in [0.05, 0.1) is 6.04 Å². The molecule has 0 aliphatic carbocycles.